The normalized spacial score (nSPS) is 11.0. The van der Waals surface area contributed by atoms with E-state index in [1.54, 1.807) is 19.3 Å². The molecule has 4 rings (SSSR count). The van der Waals surface area contributed by atoms with E-state index >= 15 is 0 Å². The third kappa shape index (κ3) is 3.54. The molecule has 3 heterocycles. The molecule has 0 saturated heterocycles. The van der Waals surface area contributed by atoms with Gasteiger partial charge in [0.2, 0.25) is 11.8 Å². The van der Waals surface area contributed by atoms with Gasteiger partial charge in [-0.3, -0.25) is 9.55 Å². The Morgan fingerprint density at radius 2 is 1.92 bits per heavy atom. The van der Waals surface area contributed by atoms with Crippen LogP contribution in [0.15, 0.2) is 62.8 Å². The molecule has 130 valence electrons. The summed E-state index contributed by atoms with van der Waals surface area (Å²) in [5.74, 6) is 2.35. The lowest BCUT2D eigenvalue weighted by atomic mass is 10.2. The minimum atomic E-state index is 0.516. The topological polar surface area (TPSA) is 82.5 Å². The molecule has 0 radical (unpaired) electrons. The minimum Gasteiger partial charge on any atom is -0.425 e. The molecule has 0 atom stereocenters. The van der Waals surface area contributed by atoms with Crippen LogP contribution >= 0.6 is 27.7 Å². The molecule has 1 aromatic carbocycles. The molecule has 7 nitrogen and oxygen atoms in total. The zero-order valence-corrected chi connectivity index (χ0v) is 16.1. The van der Waals surface area contributed by atoms with E-state index in [9.17, 15) is 0 Å². The monoisotopic (exact) mass is 428 g/mol. The number of hydrogen-bond acceptors (Lipinski definition) is 7. The lowest BCUT2D eigenvalue weighted by Crippen LogP contribution is -2.00. The highest BCUT2D eigenvalue weighted by molar-refractivity contribution is 9.10. The van der Waals surface area contributed by atoms with Gasteiger partial charge in [-0.05, 0) is 36.4 Å². The van der Waals surface area contributed by atoms with Gasteiger partial charge >= 0.3 is 0 Å². The highest BCUT2D eigenvalue weighted by atomic mass is 79.9. The summed E-state index contributed by atoms with van der Waals surface area (Å²) in [5.41, 5.74) is 1.85. The van der Waals surface area contributed by atoms with Crippen molar-refractivity contribution in [3.63, 3.8) is 0 Å². The summed E-state index contributed by atoms with van der Waals surface area (Å²) in [7, 11) is 0. The first kappa shape index (κ1) is 16.9. The van der Waals surface area contributed by atoms with Gasteiger partial charge in [0, 0.05) is 35.0 Å². The standard InChI is InChI=1S/C17H13BrN6OS/c1-11-20-21-15(25-11)10-26-17-23-22-16(12-3-2-8-19-9-12)24(17)14-6-4-13(18)5-7-14/h2-9H,10H2,1H3. The smallest absolute Gasteiger partial charge is 0.226 e. The van der Waals surface area contributed by atoms with Crippen LogP contribution in [0.3, 0.4) is 0 Å². The quantitative estimate of drug-likeness (QED) is 0.442. The molecule has 0 unspecified atom stereocenters. The average molecular weight is 429 g/mol. The first-order chi connectivity index (χ1) is 12.7. The summed E-state index contributed by atoms with van der Waals surface area (Å²) >= 11 is 4.96. The van der Waals surface area contributed by atoms with Crippen molar-refractivity contribution in [2.45, 2.75) is 17.8 Å². The highest BCUT2D eigenvalue weighted by Gasteiger charge is 2.17. The fourth-order valence-corrected chi connectivity index (χ4v) is 3.44. The summed E-state index contributed by atoms with van der Waals surface area (Å²) in [5, 5.41) is 17.4. The van der Waals surface area contributed by atoms with Crippen molar-refractivity contribution in [2.24, 2.45) is 0 Å². The summed E-state index contributed by atoms with van der Waals surface area (Å²) in [6.45, 7) is 1.77. The second-order valence-electron chi connectivity index (χ2n) is 5.36. The van der Waals surface area contributed by atoms with E-state index in [0.717, 1.165) is 26.7 Å². The number of thioether (sulfide) groups is 1. The van der Waals surface area contributed by atoms with Crippen LogP contribution in [-0.2, 0) is 5.75 Å². The van der Waals surface area contributed by atoms with Crippen LogP contribution in [0.25, 0.3) is 17.1 Å². The lowest BCUT2D eigenvalue weighted by Gasteiger charge is -2.10. The lowest BCUT2D eigenvalue weighted by molar-refractivity contribution is 0.485. The maximum absolute atomic E-state index is 5.44. The summed E-state index contributed by atoms with van der Waals surface area (Å²) in [6, 6.07) is 11.8. The van der Waals surface area contributed by atoms with Crippen LogP contribution in [0.5, 0.6) is 0 Å². The molecule has 0 aliphatic carbocycles. The molecule has 0 saturated carbocycles. The van der Waals surface area contributed by atoms with Crippen molar-refractivity contribution in [1.82, 2.24) is 29.9 Å². The average Bonchev–Trinajstić information content (AvgIpc) is 3.27. The number of benzene rings is 1. The van der Waals surface area contributed by atoms with Crippen molar-refractivity contribution in [1.29, 1.82) is 0 Å². The van der Waals surface area contributed by atoms with E-state index in [-0.39, 0.29) is 0 Å². The number of aromatic nitrogens is 6. The highest BCUT2D eigenvalue weighted by Crippen LogP contribution is 2.29. The van der Waals surface area contributed by atoms with Crippen LogP contribution in [0, 0.1) is 6.92 Å². The van der Waals surface area contributed by atoms with E-state index < -0.39 is 0 Å². The SMILES string of the molecule is Cc1nnc(CSc2nnc(-c3cccnc3)n2-c2ccc(Br)cc2)o1. The maximum atomic E-state index is 5.44. The van der Waals surface area contributed by atoms with Gasteiger partial charge < -0.3 is 4.42 Å². The van der Waals surface area contributed by atoms with Gasteiger partial charge in [0.1, 0.15) is 0 Å². The van der Waals surface area contributed by atoms with E-state index in [0.29, 0.717) is 17.5 Å². The fraction of sp³-hybridized carbons (Fsp3) is 0.118. The largest absolute Gasteiger partial charge is 0.425 e. The number of nitrogens with zero attached hydrogens (tertiary/aromatic N) is 6. The Balaban J connectivity index is 1.73. The molecule has 9 heteroatoms. The Morgan fingerprint density at radius 3 is 2.62 bits per heavy atom. The Hall–Kier alpha value is -2.52. The van der Waals surface area contributed by atoms with Crippen molar-refractivity contribution in [3.05, 3.63) is 65.0 Å². The Bertz CT molecular complexity index is 1020. The number of halogens is 1. The zero-order valence-electron chi connectivity index (χ0n) is 13.7. The first-order valence-electron chi connectivity index (χ1n) is 7.74. The van der Waals surface area contributed by atoms with Gasteiger partial charge in [-0.25, -0.2) is 0 Å². The first-order valence-corrected chi connectivity index (χ1v) is 9.52. The molecular weight excluding hydrogens is 416 g/mol. The molecule has 0 aliphatic heterocycles. The Labute approximate surface area is 162 Å². The van der Waals surface area contributed by atoms with Gasteiger partial charge in [-0.15, -0.1) is 20.4 Å². The fourth-order valence-electron chi connectivity index (χ4n) is 2.39. The molecule has 0 aliphatic rings. The van der Waals surface area contributed by atoms with Crippen molar-refractivity contribution >= 4 is 27.7 Å². The molecule has 26 heavy (non-hydrogen) atoms. The second kappa shape index (κ2) is 7.38. The Morgan fingerprint density at radius 1 is 1.08 bits per heavy atom. The molecule has 3 aromatic heterocycles. The molecule has 0 bridgehead atoms. The molecule has 0 spiro atoms. The number of hydrogen-bond donors (Lipinski definition) is 0. The van der Waals surface area contributed by atoms with Gasteiger partial charge in [0.25, 0.3) is 0 Å². The van der Waals surface area contributed by atoms with E-state index in [4.69, 9.17) is 4.42 Å². The van der Waals surface area contributed by atoms with Crippen LogP contribution in [0.4, 0.5) is 0 Å². The van der Waals surface area contributed by atoms with Gasteiger partial charge in [0.05, 0.1) is 5.75 Å². The van der Waals surface area contributed by atoms with Gasteiger partial charge in [-0.1, -0.05) is 27.7 Å². The van der Waals surface area contributed by atoms with Crippen LogP contribution < -0.4 is 0 Å². The molecule has 0 fully saturated rings. The number of pyridine rings is 1. The predicted octanol–water partition coefficient (Wildman–Crippen LogP) is 4.08. The molecule has 4 aromatic rings. The summed E-state index contributed by atoms with van der Waals surface area (Å²) in [4.78, 5) is 4.19. The van der Waals surface area contributed by atoms with E-state index in [2.05, 4.69) is 41.3 Å². The maximum Gasteiger partial charge on any atom is 0.226 e. The molecule has 0 amide bonds. The molecule has 0 N–H and O–H groups in total. The third-order valence-corrected chi connectivity index (χ3v) is 4.97. The van der Waals surface area contributed by atoms with Crippen molar-refractivity contribution in [3.8, 4) is 17.1 Å². The third-order valence-electron chi connectivity index (χ3n) is 3.53. The van der Waals surface area contributed by atoms with Crippen LogP contribution in [0.1, 0.15) is 11.8 Å². The van der Waals surface area contributed by atoms with Crippen LogP contribution in [0.2, 0.25) is 0 Å². The van der Waals surface area contributed by atoms with Crippen molar-refractivity contribution in [2.75, 3.05) is 0 Å². The zero-order chi connectivity index (χ0) is 17.9. The number of aryl methyl sites for hydroxylation is 1. The van der Waals surface area contributed by atoms with E-state index in [1.807, 2.05) is 41.0 Å². The number of rotatable bonds is 5. The predicted molar refractivity (Wildman–Crippen MR) is 101 cm³/mol. The second-order valence-corrected chi connectivity index (χ2v) is 7.22. The van der Waals surface area contributed by atoms with Gasteiger partial charge in [-0.2, -0.15) is 0 Å². The minimum absolute atomic E-state index is 0.516. The Kier molecular flexibility index (Phi) is 4.81. The summed E-state index contributed by atoms with van der Waals surface area (Å²) in [6.07, 6.45) is 3.51. The molecular formula is C17H13BrN6OS. The van der Waals surface area contributed by atoms with Crippen molar-refractivity contribution < 1.29 is 4.42 Å². The summed E-state index contributed by atoms with van der Waals surface area (Å²) < 4.78 is 8.45. The van der Waals surface area contributed by atoms with Gasteiger partial charge in [0.15, 0.2) is 11.0 Å². The van der Waals surface area contributed by atoms with E-state index in [1.165, 1.54) is 11.8 Å². The van der Waals surface area contributed by atoms with Crippen LogP contribution in [-0.4, -0.2) is 29.9 Å².